The SMILES string of the molecule is Cc1ccnc(Nc2cc(NCCNC(=O)Cn3ccc4ccccc43)nc(C)n2)c1. The van der Waals surface area contributed by atoms with E-state index in [0.29, 0.717) is 30.5 Å². The number of hydrogen-bond acceptors (Lipinski definition) is 6. The van der Waals surface area contributed by atoms with Gasteiger partial charge in [0.1, 0.15) is 29.8 Å². The van der Waals surface area contributed by atoms with Gasteiger partial charge in [0.15, 0.2) is 0 Å². The fraction of sp³-hybridized carbons (Fsp3) is 0.217. The van der Waals surface area contributed by atoms with Crippen LogP contribution in [-0.2, 0) is 11.3 Å². The van der Waals surface area contributed by atoms with Crippen LogP contribution in [0.4, 0.5) is 17.5 Å². The van der Waals surface area contributed by atoms with Gasteiger partial charge >= 0.3 is 0 Å². The minimum atomic E-state index is -0.0325. The van der Waals surface area contributed by atoms with E-state index < -0.39 is 0 Å². The highest BCUT2D eigenvalue weighted by atomic mass is 16.1. The van der Waals surface area contributed by atoms with Gasteiger partial charge in [0.2, 0.25) is 5.91 Å². The monoisotopic (exact) mass is 415 g/mol. The Morgan fingerprint density at radius 1 is 0.968 bits per heavy atom. The first kappa shape index (κ1) is 20.3. The second-order valence-electron chi connectivity index (χ2n) is 7.31. The predicted octanol–water partition coefficient (Wildman–Crippen LogP) is 3.42. The largest absolute Gasteiger partial charge is 0.368 e. The minimum absolute atomic E-state index is 0.0325. The van der Waals surface area contributed by atoms with E-state index in [1.54, 1.807) is 6.20 Å². The lowest BCUT2D eigenvalue weighted by atomic mass is 10.2. The molecule has 4 aromatic rings. The Bertz CT molecular complexity index is 1200. The molecule has 0 aliphatic rings. The van der Waals surface area contributed by atoms with Gasteiger partial charge in [-0.05, 0) is 49.1 Å². The van der Waals surface area contributed by atoms with Crippen LogP contribution in [0.15, 0.2) is 60.9 Å². The lowest BCUT2D eigenvalue weighted by Crippen LogP contribution is -2.31. The van der Waals surface area contributed by atoms with Crippen LogP contribution in [0.2, 0.25) is 0 Å². The van der Waals surface area contributed by atoms with Crippen LogP contribution in [-0.4, -0.2) is 38.5 Å². The summed E-state index contributed by atoms with van der Waals surface area (Å²) in [4.78, 5) is 25.4. The number of aromatic nitrogens is 4. The summed E-state index contributed by atoms with van der Waals surface area (Å²) in [6, 6.07) is 15.7. The van der Waals surface area contributed by atoms with Gasteiger partial charge in [0, 0.05) is 37.1 Å². The summed E-state index contributed by atoms with van der Waals surface area (Å²) in [5.41, 5.74) is 2.17. The van der Waals surface area contributed by atoms with Gasteiger partial charge < -0.3 is 20.5 Å². The topological polar surface area (TPSA) is 96.8 Å². The molecule has 0 fully saturated rings. The molecule has 0 aliphatic carbocycles. The summed E-state index contributed by atoms with van der Waals surface area (Å²) in [7, 11) is 0. The number of benzene rings is 1. The van der Waals surface area contributed by atoms with E-state index in [2.05, 4.69) is 30.9 Å². The van der Waals surface area contributed by atoms with Gasteiger partial charge in [0.05, 0.1) is 0 Å². The molecule has 3 N–H and O–H groups in total. The van der Waals surface area contributed by atoms with Crippen molar-refractivity contribution in [1.29, 1.82) is 0 Å². The molecular weight excluding hydrogens is 390 g/mol. The number of para-hydroxylation sites is 1. The normalized spacial score (nSPS) is 10.8. The Kier molecular flexibility index (Phi) is 6.07. The van der Waals surface area contributed by atoms with Gasteiger partial charge in [0.25, 0.3) is 0 Å². The number of pyridine rings is 1. The molecule has 0 radical (unpaired) electrons. The van der Waals surface area contributed by atoms with Crippen molar-refractivity contribution in [1.82, 2.24) is 24.8 Å². The van der Waals surface area contributed by atoms with E-state index in [-0.39, 0.29) is 12.5 Å². The Labute approximate surface area is 180 Å². The predicted molar refractivity (Wildman–Crippen MR) is 122 cm³/mol. The van der Waals surface area contributed by atoms with Crippen molar-refractivity contribution in [2.24, 2.45) is 0 Å². The molecule has 0 atom stereocenters. The number of nitrogens with one attached hydrogen (secondary N) is 3. The van der Waals surface area contributed by atoms with Crippen molar-refractivity contribution in [3.05, 3.63) is 72.3 Å². The maximum Gasteiger partial charge on any atom is 0.240 e. The second-order valence-corrected chi connectivity index (χ2v) is 7.31. The van der Waals surface area contributed by atoms with Crippen LogP contribution in [0.5, 0.6) is 0 Å². The number of aryl methyl sites for hydroxylation is 2. The number of nitrogens with zero attached hydrogens (tertiary/aromatic N) is 4. The van der Waals surface area contributed by atoms with Gasteiger partial charge in [-0.3, -0.25) is 4.79 Å². The third kappa shape index (κ3) is 5.36. The summed E-state index contributed by atoms with van der Waals surface area (Å²) >= 11 is 0. The van der Waals surface area contributed by atoms with Crippen LogP contribution in [0.25, 0.3) is 10.9 Å². The zero-order chi connectivity index (χ0) is 21.6. The molecule has 8 heteroatoms. The molecule has 31 heavy (non-hydrogen) atoms. The maximum atomic E-state index is 12.3. The molecule has 0 saturated heterocycles. The number of anilines is 3. The molecule has 0 aliphatic heterocycles. The molecule has 0 saturated carbocycles. The van der Waals surface area contributed by atoms with E-state index in [1.807, 2.05) is 73.1 Å². The molecule has 1 amide bonds. The standard InChI is InChI=1S/C23H25N7O/c1-16-7-9-24-20(13-16)29-22-14-21(27-17(2)28-22)25-10-11-26-23(31)15-30-12-8-18-5-3-4-6-19(18)30/h3-9,12-14H,10-11,15H2,1-2H3,(H,26,31)(H2,24,25,27,28,29). The molecule has 8 nitrogen and oxygen atoms in total. The molecule has 0 spiro atoms. The van der Waals surface area contributed by atoms with Crippen LogP contribution >= 0.6 is 0 Å². The van der Waals surface area contributed by atoms with E-state index in [9.17, 15) is 4.79 Å². The minimum Gasteiger partial charge on any atom is -0.368 e. The number of carbonyl (C=O) groups excluding carboxylic acids is 1. The zero-order valence-electron chi connectivity index (χ0n) is 17.6. The first-order valence-corrected chi connectivity index (χ1v) is 10.2. The molecule has 4 rings (SSSR count). The summed E-state index contributed by atoms with van der Waals surface area (Å²) in [6.45, 7) is 5.18. The fourth-order valence-corrected chi connectivity index (χ4v) is 3.34. The zero-order valence-corrected chi connectivity index (χ0v) is 17.6. The molecule has 1 aromatic carbocycles. The molecule has 0 bridgehead atoms. The summed E-state index contributed by atoms with van der Waals surface area (Å²) < 4.78 is 1.95. The quantitative estimate of drug-likeness (QED) is 0.382. The van der Waals surface area contributed by atoms with Crippen molar-refractivity contribution in [3.8, 4) is 0 Å². The van der Waals surface area contributed by atoms with Crippen molar-refractivity contribution >= 4 is 34.3 Å². The first-order valence-electron chi connectivity index (χ1n) is 10.2. The van der Waals surface area contributed by atoms with E-state index in [0.717, 1.165) is 22.3 Å². The number of amides is 1. The molecule has 158 valence electrons. The van der Waals surface area contributed by atoms with E-state index in [4.69, 9.17) is 0 Å². The highest BCUT2D eigenvalue weighted by Gasteiger charge is 2.06. The maximum absolute atomic E-state index is 12.3. The molecule has 0 unspecified atom stereocenters. The van der Waals surface area contributed by atoms with Gasteiger partial charge in [-0.2, -0.15) is 0 Å². The van der Waals surface area contributed by atoms with Crippen molar-refractivity contribution in [2.45, 2.75) is 20.4 Å². The molecule has 3 aromatic heterocycles. The summed E-state index contributed by atoms with van der Waals surface area (Å²) in [5.74, 6) is 2.69. The van der Waals surface area contributed by atoms with E-state index >= 15 is 0 Å². The van der Waals surface area contributed by atoms with Crippen LogP contribution in [0, 0.1) is 13.8 Å². The van der Waals surface area contributed by atoms with Crippen molar-refractivity contribution < 1.29 is 4.79 Å². The molecule has 3 heterocycles. The summed E-state index contributed by atoms with van der Waals surface area (Å²) in [5, 5.41) is 10.5. The average Bonchev–Trinajstić information content (AvgIpc) is 3.14. The number of carbonyl (C=O) groups is 1. The number of rotatable bonds is 8. The number of fused-ring (bicyclic) bond motifs is 1. The second kappa shape index (κ2) is 9.25. The van der Waals surface area contributed by atoms with Crippen LogP contribution in [0.1, 0.15) is 11.4 Å². The highest BCUT2D eigenvalue weighted by molar-refractivity contribution is 5.83. The average molecular weight is 416 g/mol. The van der Waals surface area contributed by atoms with Crippen LogP contribution in [0.3, 0.4) is 0 Å². The highest BCUT2D eigenvalue weighted by Crippen LogP contribution is 2.17. The third-order valence-corrected chi connectivity index (χ3v) is 4.76. The smallest absolute Gasteiger partial charge is 0.240 e. The van der Waals surface area contributed by atoms with Crippen LogP contribution < -0.4 is 16.0 Å². The Morgan fingerprint density at radius 3 is 2.68 bits per heavy atom. The third-order valence-electron chi connectivity index (χ3n) is 4.76. The molecular formula is C23H25N7O. The number of hydrogen-bond donors (Lipinski definition) is 3. The van der Waals surface area contributed by atoms with Crippen molar-refractivity contribution in [3.63, 3.8) is 0 Å². The van der Waals surface area contributed by atoms with E-state index in [1.165, 1.54) is 0 Å². The Balaban J connectivity index is 1.28. The van der Waals surface area contributed by atoms with Gasteiger partial charge in [-0.1, -0.05) is 18.2 Å². The lowest BCUT2D eigenvalue weighted by Gasteiger charge is -2.11. The first-order chi connectivity index (χ1) is 15.1. The lowest BCUT2D eigenvalue weighted by molar-refractivity contribution is -0.121. The fourth-order valence-electron chi connectivity index (χ4n) is 3.34. The van der Waals surface area contributed by atoms with Gasteiger partial charge in [-0.25, -0.2) is 15.0 Å². The van der Waals surface area contributed by atoms with Gasteiger partial charge in [-0.15, -0.1) is 0 Å². The summed E-state index contributed by atoms with van der Waals surface area (Å²) in [6.07, 6.45) is 3.69. The Hall–Kier alpha value is -3.94. The van der Waals surface area contributed by atoms with Crippen molar-refractivity contribution in [2.75, 3.05) is 23.7 Å². The Morgan fingerprint density at radius 2 is 1.81 bits per heavy atom.